The molecule has 0 saturated heterocycles. The van der Waals surface area contributed by atoms with Crippen LogP contribution in [0, 0.1) is 11.8 Å². The van der Waals surface area contributed by atoms with E-state index in [2.05, 4.69) is 10.0 Å². The molecule has 0 bridgehead atoms. The van der Waals surface area contributed by atoms with Crippen molar-refractivity contribution in [3.8, 4) is 0 Å². The first kappa shape index (κ1) is 21.3. The summed E-state index contributed by atoms with van der Waals surface area (Å²) in [7, 11) is -3.27. The van der Waals surface area contributed by atoms with Gasteiger partial charge < -0.3 is 0 Å². The van der Waals surface area contributed by atoms with E-state index in [9.17, 15) is 8.42 Å². The summed E-state index contributed by atoms with van der Waals surface area (Å²) < 4.78 is 26.7. The fraction of sp³-hybridized carbons (Fsp3) is 1.00. The normalized spacial score (nSPS) is 22.6. The summed E-state index contributed by atoms with van der Waals surface area (Å²) in [5.74, 6) is 1.09. The van der Waals surface area contributed by atoms with Crippen molar-refractivity contribution >= 4 is 10.1 Å². The van der Waals surface area contributed by atoms with Crippen molar-refractivity contribution in [2.24, 2.45) is 17.0 Å². The number of hydrogen-bond acceptors (Lipinski definition) is 4. The monoisotopic (exact) mass is 359 g/mol. The molecule has 0 N–H and O–H groups in total. The first-order valence-corrected chi connectivity index (χ1v) is 11.1. The smallest absolute Gasteiger partial charge is 0.264 e. The summed E-state index contributed by atoms with van der Waals surface area (Å²) in [6.45, 7) is 3.88. The lowest BCUT2D eigenvalue weighted by Gasteiger charge is -2.26. The molecule has 2 saturated carbocycles. The molecule has 2 aliphatic carbocycles. The van der Waals surface area contributed by atoms with Crippen molar-refractivity contribution in [1.82, 2.24) is 0 Å². The van der Waals surface area contributed by atoms with Gasteiger partial charge in [0.25, 0.3) is 10.1 Å². The Morgan fingerprint density at radius 2 is 1.42 bits per heavy atom. The predicted molar refractivity (Wildman–Crippen MR) is 97.1 cm³/mol. The Morgan fingerprint density at radius 3 is 1.83 bits per heavy atom. The van der Waals surface area contributed by atoms with Crippen LogP contribution < -0.4 is 0 Å². The molecule has 2 aliphatic rings. The number of rotatable bonds is 5. The van der Waals surface area contributed by atoms with Gasteiger partial charge in [-0.15, -0.1) is 0 Å². The summed E-state index contributed by atoms with van der Waals surface area (Å²) in [6.07, 6.45) is 13.4. The molecule has 2 rings (SSSR count). The van der Waals surface area contributed by atoms with E-state index in [1.165, 1.54) is 51.4 Å². The van der Waals surface area contributed by atoms with Crippen LogP contribution >= 0.6 is 0 Å². The molecule has 2 fully saturated rings. The Bertz CT molecular complexity index is 491. The second-order valence-corrected chi connectivity index (χ2v) is 8.85. The van der Waals surface area contributed by atoms with Crippen molar-refractivity contribution in [2.75, 3.05) is 6.26 Å². The maximum Gasteiger partial charge on any atom is 0.264 e. The maximum atomic E-state index is 10.9. The fourth-order valence-electron chi connectivity index (χ4n) is 3.75. The first-order valence-electron chi connectivity index (χ1n) is 9.26. The quantitative estimate of drug-likeness (QED) is 0.292. The minimum absolute atomic E-state index is 0.143. The Balaban J connectivity index is 0.000000243. The van der Waals surface area contributed by atoms with Crippen molar-refractivity contribution in [1.29, 1.82) is 0 Å². The predicted octanol–water partition coefficient (Wildman–Crippen LogP) is 5.20. The molecule has 0 spiro atoms. The van der Waals surface area contributed by atoms with E-state index >= 15 is 0 Å². The van der Waals surface area contributed by atoms with E-state index in [-0.39, 0.29) is 12.1 Å². The van der Waals surface area contributed by atoms with Crippen LogP contribution in [0.1, 0.15) is 78.1 Å². The van der Waals surface area contributed by atoms with Crippen molar-refractivity contribution < 1.29 is 12.6 Å². The molecule has 7 heteroatoms. The standard InChI is InChI=1S/C9H18O3S.C8H15N3/c1-8(12-13(2,10)11)9-6-4-3-5-7-9;1-7(10-11-9)8-5-3-2-4-6-8/h8-9H,3-7H2,1-2H3;7-8H,2-6H2,1H3. The first-order chi connectivity index (χ1) is 11.3. The van der Waals surface area contributed by atoms with Gasteiger partial charge in [-0.25, -0.2) is 0 Å². The minimum atomic E-state index is -3.27. The van der Waals surface area contributed by atoms with Crippen LogP contribution in [-0.4, -0.2) is 26.8 Å². The van der Waals surface area contributed by atoms with E-state index in [0.717, 1.165) is 19.1 Å². The lowest BCUT2D eigenvalue weighted by atomic mass is 9.85. The maximum absolute atomic E-state index is 10.9. The van der Waals surface area contributed by atoms with Gasteiger partial charge in [0.1, 0.15) is 0 Å². The zero-order chi connectivity index (χ0) is 18.0. The molecular formula is C17H33N3O3S. The van der Waals surface area contributed by atoms with Gasteiger partial charge in [-0.3, -0.25) is 4.18 Å². The number of hydrogen-bond donors (Lipinski definition) is 0. The topological polar surface area (TPSA) is 92.1 Å². The molecule has 2 atom stereocenters. The zero-order valence-electron chi connectivity index (χ0n) is 15.4. The second-order valence-electron chi connectivity index (χ2n) is 7.25. The molecule has 0 radical (unpaired) electrons. The van der Waals surface area contributed by atoms with Gasteiger partial charge in [0.2, 0.25) is 0 Å². The molecule has 0 aromatic heterocycles. The molecular weight excluding hydrogens is 326 g/mol. The van der Waals surface area contributed by atoms with Crippen LogP contribution in [0.25, 0.3) is 10.4 Å². The van der Waals surface area contributed by atoms with Crippen LogP contribution in [0.15, 0.2) is 5.11 Å². The van der Waals surface area contributed by atoms with E-state index in [0.29, 0.717) is 11.8 Å². The van der Waals surface area contributed by atoms with Crippen molar-refractivity contribution in [2.45, 2.75) is 90.2 Å². The lowest BCUT2D eigenvalue weighted by molar-refractivity contribution is 0.131. The highest BCUT2D eigenvalue weighted by atomic mass is 32.2. The summed E-state index contributed by atoms with van der Waals surface area (Å²) in [4.78, 5) is 2.84. The van der Waals surface area contributed by atoms with E-state index in [4.69, 9.17) is 9.71 Å². The molecule has 0 amide bonds. The lowest BCUT2D eigenvalue weighted by Crippen LogP contribution is -2.25. The molecule has 0 heterocycles. The van der Waals surface area contributed by atoms with Crippen LogP contribution in [-0.2, 0) is 14.3 Å². The molecule has 6 nitrogen and oxygen atoms in total. The Hall–Kier alpha value is -0.780. The third-order valence-electron chi connectivity index (χ3n) is 5.21. The van der Waals surface area contributed by atoms with Gasteiger partial charge >= 0.3 is 0 Å². The van der Waals surface area contributed by atoms with Gasteiger partial charge in [0, 0.05) is 11.0 Å². The van der Waals surface area contributed by atoms with Crippen molar-refractivity contribution in [3.05, 3.63) is 10.4 Å². The van der Waals surface area contributed by atoms with E-state index in [1.807, 2.05) is 13.8 Å². The van der Waals surface area contributed by atoms with Gasteiger partial charge in [-0.05, 0) is 37.1 Å². The molecule has 140 valence electrons. The minimum Gasteiger partial charge on any atom is -0.267 e. The SMILES string of the molecule is CC(N=[N+]=[N-])C1CCCCC1.CC(OS(C)(=O)=O)C1CCCCC1. The molecule has 0 aliphatic heterocycles. The van der Waals surface area contributed by atoms with Gasteiger partial charge in [0.15, 0.2) is 0 Å². The zero-order valence-corrected chi connectivity index (χ0v) is 16.2. The van der Waals surface area contributed by atoms with Crippen LogP contribution in [0.3, 0.4) is 0 Å². The van der Waals surface area contributed by atoms with Crippen LogP contribution in [0.5, 0.6) is 0 Å². The van der Waals surface area contributed by atoms with Crippen molar-refractivity contribution in [3.63, 3.8) is 0 Å². The van der Waals surface area contributed by atoms with Gasteiger partial charge in [0.05, 0.1) is 12.4 Å². The molecule has 0 aromatic carbocycles. The second kappa shape index (κ2) is 11.0. The molecule has 2 unspecified atom stereocenters. The molecule has 24 heavy (non-hydrogen) atoms. The average molecular weight is 360 g/mol. The highest BCUT2D eigenvalue weighted by molar-refractivity contribution is 7.86. The highest BCUT2D eigenvalue weighted by Gasteiger charge is 2.23. The summed E-state index contributed by atoms with van der Waals surface area (Å²) in [5, 5.41) is 3.73. The molecule has 0 aromatic rings. The van der Waals surface area contributed by atoms with E-state index in [1.54, 1.807) is 0 Å². The van der Waals surface area contributed by atoms with Crippen LogP contribution in [0.4, 0.5) is 0 Å². The Labute approximate surface area is 147 Å². The fourth-order valence-corrected chi connectivity index (χ4v) is 4.46. The largest absolute Gasteiger partial charge is 0.267 e. The summed E-state index contributed by atoms with van der Waals surface area (Å²) in [6, 6.07) is 0.209. The third-order valence-corrected chi connectivity index (χ3v) is 5.86. The highest BCUT2D eigenvalue weighted by Crippen LogP contribution is 2.28. The third kappa shape index (κ3) is 8.90. The van der Waals surface area contributed by atoms with Gasteiger partial charge in [-0.2, -0.15) is 8.42 Å². The Morgan fingerprint density at radius 1 is 0.958 bits per heavy atom. The number of azide groups is 1. The van der Waals surface area contributed by atoms with Crippen LogP contribution in [0.2, 0.25) is 0 Å². The Kier molecular flexibility index (Phi) is 9.71. The van der Waals surface area contributed by atoms with Gasteiger partial charge in [-0.1, -0.05) is 63.4 Å². The number of nitrogens with zero attached hydrogens (tertiary/aromatic N) is 3. The van der Waals surface area contributed by atoms with E-state index < -0.39 is 10.1 Å². The summed E-state index contributed by atoms with van der Waals surface area (Å²) in [5.41, 5.74) is 8.23. The summed E-state index contributed by atoms with van der Waals surface area (Å²) >= 11 is 0. The average Bonchev–Trinajstić information content (AvgIpc) is 2.56.